The van der Waals surface area contributed by atoms with Gasteiger partial charge in [-0.3, -0.25) is 9.59 Å². The summed E-state index contributed by atoms with van der Waals surface area (Å²) in [4.78, 5) is 29.0. The summed E-state index contributed by atoms with van der Waals surface area (Å²) < 4.78 is 0. The maximum absolute atomic E-state index is 12.7. The Hall–Kier alpha value is -2.10. The zero-order chi connectivity index (χ0) is 17.5. The number of rotatable bonds is 3. The van der Waals surface area contributed by atoms with Crippen LogP contribution in [0.5, 0.6) is 0 Å². The van der Waals surface area contributed by atoms with Crippen molar-refractivity contribution < 1.29 is 9.59 Å². The summed E-state index contributed by atoms with van der Waals surface area (Å²) >= 11 is 0. The van der Waals surface area contributed by atoms with Crippen LogP contribution in [0.1, 0.15) is 44.1 Å². The third-order valence-electron chi connectivity index (χ3n) is 5.29. The van der Waals surface area contributed by atoms with Crippen molar-refractivity contribution >= 4 is 17.9 Å². The van der Waals surface area contributed by atoms with E-state index < -0.39 is 0 Å². The van der Waals surface area contributed by atoms with E-state index in [1.165, 1.54) is 12.8 Å². The van der Waals surface area contributed by atoms with Crippen molar-refractivity contribution in [2.45, 2.75) is 38.5 Å². The van der Waals surface area contributed by atoms with Crippen molar-refractivity contribution in [3.05, 3.63) is 42.0 Å². The molecule has 2 aliphatic rings. The summed E-state index contributed by atoms with van der Waals surface area (Å²) in [5.74, 6) is 0.457. The van der Waals surface area contributed by atoms with Gasteiger partial charge in [-0.2, -0.15) is 0 Å². The smallest absolute Gasteiger partial charge is 0.246 e. The highest BCUT2D eigenvalue weighted by atomic mass is 16.2. The first-order valence-electron chi connectivity index (χ1n) is 9.55. The van der Waals surface area contributed by atoms with E-state index in [0.717, 1.165) is 44.3 Å². The predicted octanol–water partition coefficient (Wildman–Crippen LogP) is 3.34. The molecule has 0 spiro atoms. The van der Waals surface area contributed by atoms with Gasteiger partial charge < -0.3 is 9.80 Å². The Bertz CT molecular complexity index is 596. The Morgan fingerprint density at radius 3 is 2.12 bits per heavy atom. The van der Waals surface area contributed by atoms with Crippen LogP contribution < -0.4 is 0 Å². The second-order valence-electron chi connectivity index (χ2n) is 7.08. The zero-order valence-corrected chi connectivity index (χ0v) is 14.9. The monoisotopic (exact) mass is 340 g/mol. The molecule has 0 saturated carbocycles. The molecule has 0 aromatic heterocycles. The third-order valence-corrected chi connectivity index (χ3v) is 5.29. The molecule has 4 heteroatoms. The molecule has 2 aliphatic heterocycles. The van der Waals surface area contributed by atoms with Crippen LogP contribution in [0.25, 0.3) is 6.08 Å². The molecule has 0 aliphatic carbocycles. The van der Waals surface area contributed by atoms with Crippen LogP contribution in [0.4, 0.5) is 0 Å². The van der Waals surface area contributed by atoms with Crippen molar-refractivity contribution in [1.82, 2.24) is 9.80 Å². The lowest BCUT2D eigenvalue weighted by Gasteiger charge is -2.33. The van der Waals surface area contributed by atoms with E-state index in [2.05, 4.69) is 4.90 Å². The molecule has 1 aromatic carbocycles. The van der Waals surface area contributed by atoms with Crippen molar-refractivity contribution in [3.63, 3.8) is 0 Å². The first-order valence-corrected chi connectivity index (χ1v) is 9.55. The van der Waals surface area contributed by atoms with Crippen LogP contribution >= 0.6 is 0 Å². The Morgan fingerprint density at radius 2 is 1.48 bits per heavy atom. The van der Waals surface area contributed by atoms with E-state index in [1.807, 2.05) is 41.3 Å². The molecule has 2 saturated heterocycles. The van der Waals surface area contributed by atoms with Gasteiger partial charge in [-0.1, -0.05) is 43.2 Å². The maximum Gasteiger partial charge on any atom is 0.246 e. The molecule has 0 bridgehead atoms. The van der Waals surface area contributed by atoms with Crippen molar-refractivity contribution in [3.8, 4) is 0 Å². The Labute approximate surface area is 150 Å². The zero-order valence-electron chi connectivity index (χ0n) is 14.9. The number of benzene rings is 1. The number of amides is 2. The van der Waals surface area contributed by atoms with E-state index in [0.29, 0.717) is 19.0 Å². The Kier molecular flexibility index (Phi) is 6.26. The molecule has 0 unspecified atom stereocenters. The van der Waals surface area contributed by atoms with Crippen LogP contribution in [-0.4, -0.2) is 47.8 Å². The highest BCUT2D eigenvalue weighted by molar-refractivity contribution is 5.92. The van der Waals surface area contributed by atoms with Gasteiger partial charge in [0.15, 0.2) is 0 Å². The molecule has 1 aromatic rings. The Morgan fingerprint density at radius 1 is 0.840 bits per heavy atom. The van der Waals surface area contributed by atoms with Crippen molar-refractivity contribution in [1.29, 1.82) is 0 Å². The molecule has 2 fully saturated rings. The first kappa shape index (κ1) is 17.7. The van der Waals surface area contributed by atoms with Gasteiger partial charge in [0.05, 0.1) is 0 Å². The van der Waals surface area contributed by atoms with Crippen molar-refractivity contribution in [2.75, 3.05) is 26.2 Å². The third kappa shape index (κ3) is 4.94. The van der Waals surface area contributed by atoms with Gasteiger partial charge in [0, 0.05) is 38.2 Å². The summed E-state index contributed by atoms with van der Waals surface area (Å²) in [6.45, 7) is 3.19. The number of hydrogen-bond acceptors (Lipinski definition) is 2. The second-order valence-corrected chi connectivity index (χ2v) is 7.08. The fourth-order valence-corrected chi connectivity index (χ4v) is 3.73. The molecule has 3 rings (SSSR count). The standard InChI is InChI=1S/C21H28N2O2/c24-20(11-10-18-8-4-3-5-9-18)22-16-12-19(13-17-22)21(25)23-14-6-1-2-7-15-23/h3-5,8-11,19H,1-2,6-7,12-17H2/b11-10+. The second kappa shape index (κ2) is 8.84. The highest BCUT2D eigenvalue weighted by Crippen LogP contribution is 2.22. The van der Waals surface area contributed by atoms with Crippen molar-refractivity contribution in [2.24, 2.45) is 5.92 Å². The molecule has 4 nitrogen and oxygen atoms in total. The number of carbonyl (C=O) groups is 2. The van der Waals surface area contributed by atoms with Crippen LogP contribution in [0.15, 0.2) is 36.4 Å². The normalized spacial score (nSPS) is 19.8. The van der Waals surface area contributed by atoms with E-state index in [4.69, 9.17) is 0 Å². The van der Waals surface area contributed by atoms with Gasteiger partial charge in [0.2, 0.25) is 11.8 Å². The molecule has 2 heterocycles. The van der Waals surface area contributed by atoms with Crippen LogP contribution in [0.3, 0.4) is 0 Å². The number of nitrogens with zero attached hydrogens (tertiary/aromatic N) is 2. The summed E-state index contributed by atoms with van der Waals surface area (Å²) in [6.07, 6.45) is 9.83. The predicted molar refractivity (Wildman–Crippen MR) is 99.8 cm³/mol. The number of carbonyl (C=O) groups excluding carboxylic acids is 2. The van der Waals surface area contributed by atoms with Gasteiger partial charge in [-0.05, 0) is 37.3 Å². The van der Waals surface area contributed by atoms with Gasteiger partial charge in [0.25, 0.3) is 0 Å². The minimum Gasteiger partial charge on any atom is -0.342 e. The van der Waals surface area contributed by atoms with Gasteiger partial charge >= 0.3 is 0 Å². The molecule has 0 atom stereocenters. The average Bonchev–Trinajstić information content (AvgIpc) is 2.96. The SMILES string of the molecule is O=C(/C=C/c1ccccc1)N1CCC(C(=O)N2CCCCCC2)CC1. The maximum atomic E-state index is 12.7. The number of hydrogen-bond donors (Lipinski definition) is 0. The molecule has 134 valence electrons. The average molecular weight is 340 g/mol. The largest absolute Gasteiger partial charge is 0.342 e. The summed E-state index contributed by atoms with van der Waals surface area (Å²) in [6, 6.07) is 9.85. The van der Waals surface area contributed by atoms with E-state index in [9.17, 15) is 9.59 Å². The quantitative estimate of drug-likeness (QED) is 0.792. The fraction of sp³-hybridized carbons (Fsp3) is 0.524. The topological polar surface area (TPSA) is 40.6 Å². The molecule has 0 N–H and O–H groups in total. The van der Waals surface area contributed by atoms with Gasteiger partial charge in [-0.25, -0.2) is 0 Å². The van der Waals surface area contributed by atoms with Crippen LogP contribution in [0.2, 0.25) is 0 Å². The van der Waals surface area contributed by atoms with E-state index >= 15 is 0 Å². The van der Waals surface area contributed by atoms with Crippen LogP contribution in [0, 0.1) is 5.92 Å². The summed E-state index contributed by atoms with van der Waals surface area (Å²) in [5, 5.41) is 0. The minimum atomic E-state index is 0.0459. The molecule has 25 heavy (non-hydrogen) atoms. The molecule has 2 amide bonds. The summed E-state index contributed by atoms with van der Waals surface area (Å²) in [7, 11) is 0. The van der Waals surface area contributed by atoms with Gasteiger partial charge in [0.1, 0.15) is 0 Å². The fourth-order valence-electron chi connectivity index (χ4n) is 3.73. The number of likely N-dealkylation sites (tertiary alicyclic amines) is 2. The van der Waals surface area contributed by atoms with Crippen LogP contribution in [-0.2, 0) is 9.59 Å². The highest BCUT2D eigenvalue weighted by Gasteiger charge is 2.29. The molecular weight excluding hydrogens is 312 g/mol. The lowest BCUT2D eigenvalue weighted by Crippen LogP contribution is -2.44. The van der Waals surface area contributed by atoms with Gasteiger partial charge in [-0.15, -0.1) is 0 Å². The van der Waals surface area contributed by atoms with E-state index in [-0.39, 0.29) is 11.8 Å². The molecule has 0 radical (unpaired) electrons. The lowest BCUT2D eigenvalue weighted by atomic mass is 9.95. The summed E-state index contributed by atoms with van der Waals surface area (Å²) in [5.41, 5.74) is 1.03. The number of piperidine rings is 1. The minimum absolute atomic E-state index is 0.0459. The lowest BCUT2D eigenvalue weighted by molar-refractivity contribution is -0.139. The Balaban J connectivity index is 1.48. The first-order chi connectivity index (χ1) is 12.2. The molecular formula is C21H28N2O2. The van der Waals surface area contributed by atoms with E-state index in [1.54, 1.807) is 6.08 Å².